The Balaban J connectivity index is 1.68. The van der Waals surface area contributed by atoms with Gasteiger partial charge in [0.15, 0.2) is 11.7 Å². The minimum atomic E-state index is -1.04. The van der Waals surface area contributed by atoms with Crippen LogP contribution < -0.4 is 17.2 Å². The number of nitrogens with two attached hydrogens (primary N) is 3. The van der Waals surface area contributed by atoms with E-state index >= 15 is 0 Å². The fraction of sp³-hybridized carbons (Fsp3) is 0.308. The van der Waals surface area contributed by atoms with E-state index in [0.29, 0.717) is 18.7 Å². The maximum absolute atomic E-state index is 13.0. The second kappa shape index (κ2) is 11.9. The molecule has 35 heavy (non-hydrogen) atoms. The number of carboxylic acids is 1. The molecule has 1 saturated heterocycles. The largest absolute Gasteiger partial charge is 0.481 e. The Morgan fingerprint density at radius 3 is 2.43 bits per heavy atom. The molecular formula is C26H31N5O4. The Morgan fingerprint density at radius 2 is 1.80 bits per heavy atom. The highest BCUT2D eigenvalue weighted by Crippen LogP contribution is 2.30. The van der Waals surface area contributed by atoms with Gasteiger partial charge in [-0.25, -0.2) is 4.99 Å². The molecule has 2 aromatic rings. The van der Waals surface area contributed by atoms with Crippen molar-refractivity contribution < 1.29 is 19.5 Å². The van der Waals surface area contributed by atoms with E-state index in [0.717, 1.165) is 17.5 Å². The number of amides is 1. The summed E-state index contributed by atoms with van der Waals surface area (Å²) in [5, 5.41) is 9.21. The van der Waals surface area contributed by atoms with Gasteiger partial charge >= 0.3 is 5.97 Å². The number of rotatable bonds is 11. The van der Waals surface area contributed by atoms with Crippen molar-refractivity contribution in [2.75, 3.05) is 6.54 Å². The molecule has 0 bridgehead atoms. The number of nitrogens with zero attached hydrogens (tertiary/aromatic N) is 2. The number of benzene rings is 2. The van der Waals surface area contributed by atoms with Crippen LogP contribution in [0.3, 0.4) is 0 Å². The Hall–Kier alpha value is -3.98. The lowest BCUT2D eigenvalue weighted by Gasteiger charge is -2.28. The molecule has 1 fully saturated rings. The van der Waals surface area contributed by atoms with Crippen LogP contribution in [-0.2, 0) is 20.8 Å². The fourth-order valence-electron chi connectivity index (χ4n) is 4.30. The summed E-state index contributed by atoms with van der Waals surface area (Å²) in [7, 11) is 0. The third kappa shape index (κ3) is 7.25. The van der Waals surface area contributed by atoms with E-state index in [4.69, 9.17) is 17.2 Å². The summed E-state index contributed by atoms with van der Waals surface area (Å²) in [6, 6.07) is 15.3. The SMILES string of the molecule is NC(N)=Nc1ccc(C=CC(=O)C(N)[C@@H]2C[C@@H](CC(=O)O)C(=O)N2CCCc2ccccc2)cc1. The number of hydrogen-bond acceptors (Lipinski definition) is 5. The van der Waals surface area contributed by atoms with Crippen LogP contribution >= 0.6 is 0 Å². The zero-order valence-corrected chi connectivity index (χ0v) is 19.4. The van der Waals surface area contributed by atoms with Gasteiger partial charge in [0.1, 0.15) is 0 Å². The first-order valence-electron chi connectivity index (χ1n) is 11.5. The van der Waals surface area contributed by atoms with Gasteiger partial charge in [-0.2, -0.15) is 0 Å². The van der Waals surface area contributed by atoms with Gasteiger partial charge in [0.2, 0.25) is 5.91 Å². The van der Waals surface area contributed by atoms with E-state index in [2.05, 4.69) is 4.99 Å². The first-order chi connectivity index (χ1) is 16.7. The zero-order valence-electron chi connectivity index (χ0n) is 19.4. The topological polar surface area (TPSA) is 165 Å². The predicted octanol–water partition coefficient (Wildman–Crippen LogP) is 1.83. The molecule has 0 saturated carbocycles. The molecule has 0 radical (unpaired) electrons. The zero-order chi connectivity index (χ0) is 25.4. The van der Waals surface area contributed by atoms with Crippen molar-refractivity contribution in [1.29, 1.82) is 0 Å². The maximum Gasteiger partial charge on any atom is 0.304 e. The van der Waals surface area contributed by atoms with E-state index in [9.17, 15) is 19.5 Å². The molecule has 184 valence electrons. The lowest BCUT2D eigenvalue weighted by molar-refractivity contribution is -0.142. The minimum absolute atomic E-state index is 0.0462. The number of likely N-dealkylation sites (tertiary alicyclic amines) is 1. The second-order valence-corrected chi connectivity index (χ2v) is 8.61. The average Bonchev–Trinajstić information content (AvgIpc) is 3.12. The van der Waals surface area contributed by atoms with E-state index in [1.54, 1.807) is 35.2 Å². The highest BCUT2D eigenvalue weighted by Gasteiger charge is 2.44. The van der Waals surface area contributed by atoms with Gasteiger partial charge in [0.25, 0.3) is 0 Å². The third-order valence-corrected chi connectivity index (χ3v) is 6.02. The Bertz CT molecular complexity index is 1090. The summed E-state index contributed by atoms with van der Waals surface area (Å²) in [5.74, 6) is -2.36. The number of hydrogen-bond donors (Lipinski definition) is 4. The molecule has 9 heteroatoms. The monoisotopic (exact) mass is 477 g/mol. The number of aliphatic imine (C=N–C) groups is 1. The van der Waals surface area contributed by atoms with E-state index in [-0.39, 0.29) is 30.5 Å². The molecule has 2 aromatic carbocycles. The molecule has 7 N–H and O–H groups in total. The fourth-order valence-corrected chi connectivity index (χ4v) is 4.30. The molecule has 1 aliphatic rings. The van der Waals surface area contributed by atoms with Crippen LogP contribution in [0, 0.1) is 5.92 Å². The Kier molecular flexibility index (Phi) is 8.74. The minimum Gasteiger partial charge on any atom is -0.481 e. The molecule has 3 atom stereocenters. The molecule has 9 nitrogen and oxygen atoms in total. The van der Waals surface area contributed by atoms with Crippen molar-refractivity contribution >= 4 is 35.4 Å². The quantitative estimate of drug-likeness (QED) is 0.218. The maximum atomic E-state index is 13.0. The number of carbonyl (C=O) groups excluding carboxylic acids is 2. The summed E-state index contributed by atoms with van der Waals surface area (Å²) in [6.07, 6.45) is 4.43. The van der Waals surface area contributed by atoms with E-state index in [1.807, 2.05) is 30.3 Å². The summed E-state index contributed by atoms with van der Waals surface area (Å²) in [5.41, 5.74) is 19.5. The van der Waals surface area contributed by atoms with Crippen molar-refractivity contribution in [3.63, 3.8) is 0 Å². The second-order valence-electron chi connectivity index (χ2n) is 8.61. The van der Waals surface area contributed by atoms with Crippen molar-refractivity contribution in [1.82, 2.24) is 4.90 Å². The summed E-state index contributed by atoms with van der Waals surface area (Å²) < 4.78 is 0. The first-order valence-corrected chi connectivity index (χ1v) is 11.5. The predicted molar refractivity (Wildman–Crippen MR) is 135 cm³/mol. The lowest BCUT2D eigenvalue weighted by atomic mass is 9.95. The van der Waals surface area contributed by atoms with Gasteiger partial charge in [0.05, 0.1) is 30.1 Å². The highest BCUT2D eigenvalue weighted by atomic mass is 16.4. The molecule has 3 rings (SSSR count). The van der Waals surface area contributed by atoms with Gasteiger partial charge in [-0.3, -0.25) is 14.4 Å². The van der Waals surface area contributed by atoms with Crippen LogP contribution in [0.1, 0.15) is 30.4 Å². The van der Waals surface area contributed by atoms with Crippen LogP contribution in [-0.4, -0.2) is 52.3 Å². The molecule has 1 unspecified atom stereocenters. The summed E-state index contributed by atoms with van der Waals surface area (Å²) in [4.78, 5) is 42.6. The van der Waals surface area contributed by atoms with E-state index in [1.165, 1.54) is 6.08 Å². The smallest absolute Gasteiger partial charge is 0.304 e. The number of carboxylic acid groups (broad SMARTS) is 1. The first kappa shape index (κ1) is 25.6. The Labute approximate surface area is 204 Å². The highest BCUT2D eigenvalue weighted by molar-refractivity contribution is 5.99. The van der Waals surface area contributed by atoms with Crippen LogP contribution in [0.2, 0.25) is 0 Å². The van der Waals surface area contributed by atoms with Crippen LogP contribution in [0.15, 0.2) is 65.7 Å². The van der Waals surface area contributed by atoms with Gasteiger partial charge in [-0.15, -0.1) is 0 Å². The van der Waals surface area contributed by atoms with Gasteiger partial charge in [-0.05, 0) is 48.6 Å². The van der Waals surface area contributed by atoms with Gasteiger partial charge in [-0.1, -0.05) is 48.5 Å². The summed E-state index contributed by atoms with van der Waals surface area (Å²) >= 11 is 0. The third-order valence-electron chi connectivity index (χ3n) is 6.02. The Morgan fingerprint density at radius 1 is 1.11 bits per heavy atom. The van der Waals surface area contributed by atoms with Crippen molar-refractivity contribution in [3.05, 3.63) is 71.8 Å². The van der Waals surface area contributed by atoms with Crippen molar-refractivity contribution in [3.8, 4) is 0 Å². The van der Waals surface area contributed by atoms with E-state index < -0.39 is 24.0 Å². The molecule has 0 spiro atoms. The normalized spacial score (nSPS) is 18.5. The number of carbonyl (C=O) groups is 3. The number of ketones is 1. The molecular weight excluding hydrogens is 446 g/mol. The number of aryl methyl sites for hydroxylation is 1. The average molecular weight is 478 g/mol. The van der Waals surface area contributed by atoms with Crippen molar-refractivity contribution in [2.45, 2.75) is 37.8 Å². The van der Waals surface area contributed by atoms with Crippen molar-refractivity contribution in [2.24, 2.45) is 28.1 Å². The van der Waals surface area contributed by atoms with Gasteiger partial charge in [0, 0.05) is 6.54 Å². The number of guanidine groups is 1. The molecule has 1 amide bonds. The van der Waals surface area contributed by atoms with Crippen LogP contribution in [0.25, 0.3) is 6.08 Å². The molecule has 0 aliphatic carbocycles. The lowest BCUT2D eigenvalue weighted by Crippen LogP contribution is -2.49. The molecule has 0 aromatic heterocycles. The standard InChI is InChI=1S/C26H31N5O4/c27-24(22(32)13-10-18-8-11-20(12-9-18)30-26(28)29)21-15-19(16-23(33)34)25(35)31(21)14-4-7-17-5-2-1-3-6-17/h1-3,5-6,8-13,19,21,24H,4,7,14-16,27H2,(H,33,34)(H4,28,29,30)/t19-,21-,24?/m0/s1. The van der Waals surface area contributed by atoms with Gasteiger partial charge < -0.3 is 27.2 Å². The number of aliphatic carboxylic acids is 1. The summed E-state index contributed by atoms with van der Waals surface area (Å²) in [6.45, 7) is 0.408. The van der Waals surface area contributed by atoms with Crippen LogP contribution in [0.5, 0.6) is 0 Å². The molecule has 1 heterocycles. The molecule has 1 aliphatic heterocycles. The van der Waals surface area contributed by atoms with Crippen LogP contribution in [0.4, 0.5) is 5.69 Å².